The van der Waals surface area contributed by atoms with Crippen molar-refractivity contribution in [1.29, 1.82) is 0 Å². The van der Waals surface area contributed by atoms with E-state index in [1.165, 1.54) is 0 Å². The van der Waals surface area contributed by atoms with Gasteiger partial charge in [-0.15, -0.1) is 0 Å². The van der Waals surface area contributed by atoms with E-state index in [1.54, 1.807) is 11.8 Å². The molecule has 1 aromatic carbocycles. The van der Waals surface area contributed by atoms with E-state index in [0.717, 1.165) is 61.6 Å². The zero-order chi connectivity index (χ0) is 20.1. The van der Waals surface area contributed by atoms with Crippen LogP contribution in [0.4, 0.5) is 10.5 Å². The van der Waals surface area contributed by atoms with Gasteiger partial charge in [0.05, 0.1) is 11.7 Å². The standard InChI is InChI=1S/C19H28N4O3S2/c1-14-5-4-6-15(13-14)20-18(25)26-28-23-10-8-19(9-11-23)21-16(7-12-27-3)17(24)22(19)2/h4-6,13,16,21H,7-12H2,1-3H3,(H,20,25). The predicted octanol–water partition coefficient (Wildman–Crippen LogP) is 3.08. The number of carbonyl (C=O) groups is 2. The van der Waals surface area contributed by atoms with Crippen LogP contribution in [0.25, 0.3) is 0 Å². The van der Waals surface area contributed by atoms with Crippen LogP contribution in [0, 0.1) is 6.92 Å². The normalized spacial score (nSPS) is 21.9. The van der Waals surface area contributed by atoms with Crippen LogP contribution in [0.1, 0.15) is 24.8 Å². The molecule has 154 valence electrons. The molecule has 2 aliphatic heterocycles. The summed E-state index contributed by atoms with van der Waals surface area (Å²) in [7, 11) is 1.89. The van der Waals surface area contributed by atoms with Crippen LogP contribution in [0.2, 0.25) is 0 Å². The Bertz CT molecular complexity index is 710. The molecule has 1 atom stereocenters. The molecule has 0 aliphatic carbocycles. The number of hydrogen-bond donors (Lipinski definition) is 2. The summed E-state index contributed by atoms with van der Waals surface area (Å²) in [6.45, 7) is 3.45. The zero-order valence-electron chi connectivity index (χ0n) is 16.6. The maximum Gasteiger partial charge on any atom is 0.425 e. The average molecular weight is 425 g/mol. The van der Waals surface area contributed by atoms with E-state index in [4.69, 9.17) is 4.18 Å². The number of piperidine rings is 1. The predicted molar refractivity (Wildman–Crippen MR) is 115 cm³/mol. The first kappa shape index (κ1) is 21.3. The quantitative estimate of drug-likeness (QED) is 0.537. The molecule has 2 aliphatic rings. The summed E-state index contributed by atoms with van der Waals surface area (Å²) in [6.07, 6.45) is 4.04. The summed E-state index contributed by atoms with van der Waals surface area (Å²) >= 11 is 2.84. The summed E-state index contributed by atoms with van der Waals surface area (Å²) in [6, 6.07) is 7.49. The zero-order valence-corrected chi connectivity index (χ0v) is 18.2. The molecule has 1 spiro atoms. The maximum absolute atomic E-state index is 12.5. The van der Waals surface area contributed by atoms with E-state index in [9.17, 15) is 9.59 Å². The van der Waals surface area contributed by atoms with Gasteiger partial charge in [0.15, 0.2) is 12.2 Å². The highest BCUT2D eigenvalue weighted by Gasteiger charge is 2.49. The number of likely N-dealkylation sites (N-methyl/N-ethyl adjacent to an activating group) is 1. The molecule has 2 heterocycles. The van der Waals surface area contributed by atoms with E-state index in [0.29, 0.717) is 0 Å². The molecule has 1 unspecified atom stereocenters. The Morgan fingerprint density at radius 2 is 2.14 bits per heavy atom. The molecule has 7 nitrogen and oxygen atoms in total. The number of benzene rings is 1. The Morgan fingerprint density at radius 1 is 1.39 bits per heavy atom. The van der Waals surface area contributed by atoms with Crippen molar-refractivity contribution in [1.82, 2.24) is 14.5 Å². The van der Waals surface area contributed by atoms with Gasteiger partial charge >= 0.3 is 6.09 Å². The van der Waals surface area contributed by atoms with Gasteiger partial charge in [0.25, 0.3) is 0 Å². The van der Waals surface area contributed by atoms with E-state index >= 15 is 0 Å². The van der Waals surface area contributed by atoms with Crippen LogP contribution in [-0.2, 0) is 8.98 Å². The van der Waals surface area contributed by atoms with Gasteiger partial charge in [-0.05, 0) is 55.9 Å². The van der Waals surface area contributed by atoms with Crippen molar-refractivity contribution in [3.05, 3.63) is 29.8 Å². The van der Waals surface area contributed by atoms with Gasteiger partial charge in [0, 0.05) is 25.8 Å². The minimum absolute atomic E-state index is 0.0898. The summed E-state index contributed by atoms with van der Waals surface area (Å²) in [5, 5.41) is 6.30. The highest BCUT2D eigenvalue weighted by Crippen LogP contribution is 2.34. The van der Waals surface area contributed by atoms with Gasteiger partial charge in [-0.2, -0.15) is 11.8 Å². The molecule has 0 aromatic heterocycles. The third-order valence-corrected chi connectivity index (χ3v) is 6.80. The van der Waals surface area contributed by atoms with E-state index < -0.39 is 6.09 Å². The van der Waals surface area contributed by atoms with Crippen LogP contribution in [-0.4, -0.2) is 65.1 Å². The first-order valence-electron chi connectivity index (χ1n) is 9.45. The number of anilines is 1. The fourth-order valence-electron chi connectivity index (χ4n) is 3.72. The molecule has 2 N–H and O–H groups in total. The van der Waals surface area contributed by atoms with E-state index in [2.05, 4.69) is 16.9 Å². The van der Waals surface area contributed by atoms with Crippen LogP contribution in [0.15, 0.2) is 24.3 Å². The van der Waals surface area contributed by atoms with Gasteiger partial charge in [0.1, 0.15) is 0 Å². The number of aryl methyl sites for hydroxylation is 1. The minimum Gasteiger partial charge on any atom is -0.358 e. The van der Waals surface area contributed by atoms with Gasteiger partial charge in [0.2, 0.25) is 5.91 Å². The Morgan fingerprint density at radius 3 is 2.82 bits per heavy atom. The second kappa shape index (κ2) is 9.39. The largest absolute Gasteiger partial charge is 0.425 e. The fraction of sp³-hybridized carbons (Fsp3) is 0.579. The smallest absolute Gasteiger partial charge is 0.358 e. The number of hydrogen-bond acceptors (Lipinski definition) is 7. The lowest BCUT2D eigenvalue weighted by Crippen LogP contribution is -2.56. The lowest BCUT2D eigenvalue weighted by atomic mass is 9.98. The molecule has 2 amide bonds. The van der Waals surface area contributed by atoms with Gasteiger partial charge in [-0.25, -0.2) is 9.10 Å². The topological polar surface area (TPSA) is 73.9 Å². The van der Waals surface area contributed by atoms with Crippen molar-refractivity contribution < 1.29 is 13.8 Å². The molecule has 3 rings (SSSR count). The number of nitrogens with one attached hydrogen (secondary N) is 2. The Balaban J connectivity index is 1.45. The lowest BCUT2D eigenvalue weighted by Gasteiger charge is -2.42. The van der Waals surface area contributed by atoms with Gasteiger partial charge in [-0.1, -0.05) is 12.1 Å². The van der Waals surface area contributed by atoms with Crippen molar-refractivity contribution in [3.63, 3.8) is 0 Å². The second-order valence-electron chi connectivity index (χ2n) is 7.28. The summed E-state index contributed by atoms with van der Waals surface area (Å²) < 4.78 is 7.31. The highest BCUT2D eigenvalue weighted by atomic mass is 32.2. The van der Waals surface area contributed by atoms with Crippen molar-refractivity contribution in [2.45, 2.75) is 37.9 Å². The molecular formula is C19H28N4O3S2. The summed E-state index contributed by atoms with van der Waals surface area (Å²) in [4.78, 5) is 26.4. The Kier molecular flexibility index (Phi) is 7.14. The second-order valence-corrected chi connectivity index (χ2v) is 9.09. The molecule has 2 saturated heterocycles. The van der Waals surface area contributed by atoms with Crippen molar-refractivity contribution in [3.8, 4) is 0 Å². The first-order chi connectivity index (χ1) is 13.4. The first-order valence-corrected chi connectivity index (χ1v) is 11.5. The minimum atomic E-state index is -0.487. The fourth-order valence-corrected chi connectivity index (χ4v) is 4.74. The molecule has 2 fully saturated rings. The molecule has 0 radical (unpaired) electrons. The molecule has 0 saturated carbocycles. The van der Waals surface area contributed by atoms with Gasteiger partial charge < -0.3 is 9.08 Å². The van der Waals surface area contributed by atoms with Crippen LogP contribution in [0.5, 0.6) is 0 Å². The monoisotopic (exact) mass is 424 g/mol. The van der Waals surface area contributed by atoms with Crippen molar-refractivity contribution in [2.75, 3.05) is 37.5 Å². The third kappa shape index (κ3) is 4.94. The number of nitrogens with zero attached hydrogens (tertiary/aromatic N) is 2. The Hall–Kier alpha value is -1.42. The number of rotatable bonds is 6. The highest BCUT2D eigenvalue weighted by molar-refractivity contribution is 7.98. The average Bonchev–Trinajstić information content (AvgIpc) is 2.91. The summed E-state index contributed by atoms with van der Waals surface area (Å²) in [5.41, 5.74) is 1.52. The third-order valence-electron chi connectivity index (χ3n) is 5.36. The van der Waals surface area contributed by atoms with Crippen molar-refractivity contribution in [2.24, 2.45) is 0 Å². The van der Waals surface area contributed by atoms with Crippen LogP contribution >= 0.6 is 24.0 Å². The number of amides is 2. The molecular weight excluding hydrogens is 396 g/mol. The number of thioether (sulfide) groups is 1. The molecule has 28 heavy (non-hydrogen) atoms. The SMILES string of the molecule is CSCCC1NC2(CCN(SOC(=O)Nc3cccc(C)c3)CC2)N(C)C1=O. The van der Waals surface area contributed by atoms with Crippen LogP contribution < -0.4 is 10.6 Å². The summed E-state index contributed by atoms with van der Waals surface area (Å²) in [5.74, 6) is 1.16. The van der Waals surface area contributed by atoms with Gasteiger partial charge in [-0.3, -0.25) is 15.4 Å². The maximum atomic E-state index is 12.5. The molecule has 1 aromatic rings. The number of carbonyl (C=O) groups excluding carboxylic acids is 2. The molecule has 9 heteroatoms. The molecule has 0 bridgehead atoms. The van der Waals surface area contributed by atoms with E-state index in [-0.39, 0.29) is 17.6 Å². The van der Waals surface area contributed by atoms with Crippen LogP contribution in [0.3, 0.4) is 0 Å². The van der Waals surface area contributed by atoms with Crippen molar-refractivity contribution >= 4 is 41.7 Å². The van der Waals surface area contributed by atoms with E-state index in [1.807, 2.05) is 47.4 Å². The Labute approximate surface area is 175 Å². The lowest BCUT2D eigenvalue weighted by molar-refractivity contribution is -0.131.